The second-order valence-electron chi connectivity index (χ2n) is 6.58. The molecule has 1 aliphatic heterocycles. The van der Waals surface area contributed by atoms with Crippen molar-refractivity contribution in [2.75, 3.05) is 43.1 Å². The maximum atomic E-state index is 5.20. The average molecular weight is 389 g/mol. The van der Waals surface area contributed by atoms with Crippen molar-refractivity contribution in [3.05, 3.63) is 48.9 Å². The number of benzene rings is 1. The molecule has 1 fully saturated rings. The predicted molar refractivity (Wildman–Crippen MR) is 107 cm³/mol. The highest BCUT2D eigenvalue weighted by Gasteiger charge is 2.24. The van der Waals surface area contributed by atoms with Gasteiger partial charge in [-0.1, -0.05) is 23.4 Å². The summed E-state index contributed by atoms with van der Waals surface area (Å²) < 4.78 is 6.94. The zero-order valence-electron chi connectivity index (χ0n) is 15.9. The first-order valence-corrected chi connectivity index (χ1v) is 9.32. The number of methoxy groups -OCH3 is 1. The molecule has 0 spiro atoms. The Labute approximate surface area is 166 Å². The molecule has 0 saturated carbocycles. The molecular weight excluding hydrogens is 370 g/mol. The highest BCUT2D eigenvalue weighted by molar-refractivity contribution is 5.83. The summed E-state index contributed by atoms with van der Waals surface area (Å²) in [4.78, 5) is 22.0. The van der Waals surface area contributed by atoms with E-state index < -0.39 is 0 Å². The highest BCUT2D eigenvalue weighted by atomic mass is 16.5. The Bertz CT molecular complexity index is 1120. The molecule has 0 radical (unpaired) electrons. The van der Waals surface area contributed by atoms with Gasteiger partial charge in [0.25, 0.3) is 0 Å². The van der Waals surface area contributed by atoms with E-state index in [1.807, 2.05) is 30.3 Å². The largest absolute Gasteiger partial charge is 0.481 e. The van der Waals surface area contributed by atoms with E-state index in [0.717, 1.165) is 37.7 Å². The van der Waals surface area contributed by atoms with E-state index in [1.54, 1.807) is 30.4 Å². The van der Waals surface area contributed by atoms with Crippen LogP contribution in [0.4, 0.5) is 11.8 Å². The van der Waals surface area contributed by atoms with Crippen LogP contribution in [0.1, 0.15) is 0 Å². The summed E-state index contributed by atoms with van der Waals surface area (Å²) in [6, 6.07) is 11.6. The van der Waals surface area contributed by atoms with Crippen molar-refractivity contribution >= 4 is 22.9 Å². The lowest BCUT2D eigenvalue weighted by Crippen LogP contribution is -2.47. The Balaban J connectivity index is 1.39. The molecule has 10 heteroatoms. The Kier molecular flexibility index (Phi) is 4.35. The lowest BCUT2D eigenvalue weighted by molar-refractivity contribution is 0.396. The molecule has 4 aromatic rings. The second-order valence-corrected chi connectivity index (χ2v) is 6.58. The minimum absolute atomic E-state index is 0.562. The number of hydrogen-bond acceptors (Lipinski definition) is 9. The lowest BCUT2D eigenvalue weighted by atomic mass is 10.3. The van der Waals surface area contributed by atoms with Crippen molar-refractivity contribution in [2.24, 2.45) is 0 Å². The fourth-order valence-corrected chi connectivity index (χ4v) is 3.43. The van der Waals surface area contributed by atoms with Crippen molar-refractivity contribution in [2.45, 2.75) is 0 Å². The Morgan fingerprint density at radius 1 is 0.897 bits per heavy atom. The summed E-state index contributed by atoms with van der Waals surface area (Å²) in [5, 5.41) is 8.66. The van der Waals surface area contributed by atoms with Crippen molar-refractivity contribution in [3.63, 3.8) is 0 Å². The van der Waals surface area contributed by atoms with E-state index in [0.29, 0.717) is 23.0 Å². The van der Waals surface area contributed by atoms with Gasteiger partial charge in [-0.3, -0.25) is 0 Å². The third-order valence-electron chi connectivity index (χ3n) is 4.91. The minimum Gasteiger partial charge on any atom is -0.481 e. The molecule has 10 nitrogen and oxygen atoms in total. The Morgan fingerprint density at radius 3 is 2.48 bits per heavy atom. The molecular formula is C19H19N9O. The van der Waals surface area contributed by atoms with Crippen LogP contribution in [0.25, 0.3) is 16.9 Å². The molecule has 29 heavy (non-hydrogen) atoms. The van der Waals surface area contributed by atoms with E-state index in [4.69, 9.17) is 4.74 Å². The van der Waals surface area contributed by atoms with Crippen LogP contribution in [0.15, 0.2) is 48.9 Å². The Hall–Kier alpha value is -3.82. The number of piperazine rings is 1. The molecule has 1 aliphatic rings. The van der Waals surface area contributed by atoms with Crippen LogP contribution < -0.4 is 14.5 Å². The number of fused-ring (bicyclic) bond motifs is 1. The van der Waals surface area contributed by atoms with Gasteiger partial charge in [0, 0.05) is 38.4 Å². The van der Waals surface area contributed by atoms with Gasteiger partial charge in [0.15, 0.2) is 17.0 Å². The van der Waals surface area contributed by atoms with Crippen molar-refractivity contribution < 1.29 is 4.74 Å². The average Bonchev–Trinajstić information content (AvgIpc) is 3.24. The molecule has 0 aliphatic carbocycles. The van der Waals surface area contributed by atoms with Gasteiger partial charge in [0.2, 0.25) is 11.8 Å². The molecule has 146 valence electrons. The number of anilines is 2. The fraction of sp³-hybridized carbons (Fsp3) is 0.263. The van der Waals surface area contributed by atoms with E-state index >= 15 is 0 Å². The number of hydrogen-bond donors (Lipinski definition) is 0. The lowest BCUT2D eigenvalue weighted by Gasteiger charge is -2.35. The van der Waals surface area contributed by atoms with Crippen LogP contribution in [-0.4, -0.2) is 68.2 Å². The summed E-state index contributed by atoms with van der Waals surface area (Å²) in [6.45, 7) is 3.08. The van der Waals surface area contributed by atoms with Gasteiger partial charge >= 0.3 is 0 Å². The number of nitrogens with zero attached hydrogens (tertiary/aromatic N) is 9. The predicted octanol–water partition coefficient (Wildman–Crippen LogP) is 1.34. The standard InChI is InChI=1S/C19H19N9O/c1-29-15-7-8-20-19(23-15)27-11-9-26(10-12-27)17-16-18(22-13-21-17)28(25-24-16)14-5-3-2-4-6-14/h2-8,13H,9-12H2,1H3. The first-order chi connectivity index (χ1) is 14.3. The number of ether oxygens (including phenoxy) is 1. The maximum absolute atomic E-state index is 5.20. The first kappa shape index (κ1) is 17.3. The second kappa shape index (κ2) is 7.30. The third-order valence-corrected chi connectivity index (χ3v) is 4.91. The topological polar surface area (TPSA) is 98.0 Å². The summed E-state index contributed by atoms with van der Waals surface area (Å²) >= 11 is 0. The summed E-state index contributed by atoms with van der Waals surface area (Å²) in [7, 11) is 1.60. The molecule has 0 atom stereocenters. The highest BCUT2D eigenvalue weighted by Crippen LogP contribution is 2.24. The van der Waals surface area contributed by atoms with Crippen LogP contribution in [0.5, 0.6) is 5.88 Å². The van der Waals surface area contributed by atoms with E-state index in [2.05, 4.69) is 40.0 Å². The van der Waals surface area contributed by atoms with Crippen LogP contribution in [-0.2, 0) is 0 Å². The molecule has 0 bridgehead atoms. The van der Waals surface area contributed by atoms with E-state index in [9.17, 15) is 0 Å². The van der Waals surface area contributed by atoms with Gasteiger partial charge in [-0.15, -0.1) is 5.10 Å². The summed E-state index contributed by atoms with van der Waals surface area (Å²) in [5.41, 5.74) is 2.31. The Morgan fingerprint density at radius 2 is 1.69 bits per heavy atom. The van der Waals surface area contributed by atoms with Gasteiger partial charge in [0.05, 0.1) is 12.8 Å². The third kappa shape index (κ3) is 3.18. The zero-order valence-corrected chi connectivity index (χ0v) is 15.9. The van der Waals surface area contributed by atoms with E-state index in [-0.39, 0.29) is 0 Å². The van der Waals surface area contributed by atoms with Crippen molar-refractivity contribution in [1.82, 2.24) is 34.9 Å². The number of aromatic nitrogens is 7. The summed E-state index contributed by atoms with van der Waals surface area (Å²) in [5.74, 6) is 2.03. The number of para-hydroxylation sites is 1. The van der Waals surface area contributed by atoms with Crippen LogP contribution >= 0.6 is 0 Å². The zero-order chi connectivity index (χ0) is 19.6. The minimum atomic E-state index is 0.562. The monoisotopic (exact) mass is 389 g/mol. The maximum Gasteiger partial charge on any atom is 0.228 e. The normalized spacial score (nSPS) is 14.4. The molecule has 1 saturated heterocycles. The van der Waals surface area contributed by atoms with Gasteiger partial charge in [0.1, 0.15) is 6.33 Å². The summed E-state index contributed by atoms with van der Waals surface area (Å²) in [6.07, 6.45) is 3.28. The first-order valence-electron chi connectivity index (χ1n) is 9.32. The van der Waals surface area contributed by atoms with Crippen molar-refractivity contribution in [3.8, 4) is 11.6 Å². The number of rotatable bonds is 4. The van der Waals surface area contributed by atoms with Gasteiger partial charge in [-0.25, -0.2) is 15.0 Å². The molecule has 1 aromatic carbocycles. The smallest absolute Gasteiger partial charge is 0.228 e. The van der Waals surface area contributed by atoms with E-state index in [1.165, 1.54) is 0 Å². The van der Waals surface area contributed by atoms with Gasteiger partial charge in [-0.2, -0.15) is 9.67 Å². The molecule has 3 aromatic heterocycles. The fourth-order valence-electron chi connectivity index (χ4n) is 3.43. The van der Waals surface area contributed by atoms with Crippen LogP contribution in [0.3, 0.4) is 0 Å². The molecule has 0 unspecified atom stereocenters. The quantitative estimate of drug-likeness (QED) is 0.512. The molecule has 4 heterocycles. The van der Waals surface area contributed by atoms with Crippen LogP contribution in [0, 0.1) is 0 Å². The van der Waals surface area contributed by atoms with Gasteiger partial charge in [-0.05, 0) is 12.1 Å². The molecule has 0 N–H and O–H groups in total. The molecule has 5 rings (SSSR count). The molecule has 0 amide bonds. The SMILES string of the molecule is COc1ccnc(N2CCN(c3ncnc4c3nnn4-c3ccccc3)CC2)n1. The van der Waals surface area contributed by atoms with Crippen LogP contribution in [0.2, 0.25) is 0 Å². The van der Waals surface area contributed by atoms with Crippen molar-refractivity contribution in [1.29, 1.82) is 0 Å². The van der Waals surface area contributed by atoms with Gasteiger partial charge < -0.3 is 14.5 Å².